The summed E-state index contributed by atoms with van der Waals surface area (Å²) in [6, 6.07) is 8.84. The van der Waals surface area contributed by atoms with Crippen LogP contribution in [0.25, 0.3) is 0 Å². The first kappa shape index (κ1) is 8.13. The number of ketones is 2. The molecule has 1 N–H and O–H groups in total. The smallest absolute Gasteiger partial charge is 0.228 e. The largest absolute Gasteiger partial charge is 0.384 e. The van der Waals surface area contributed by atoms with Crippen molar-refractivity contribution in [1.29, 1.82) is 0 Å². The Labute approximate surface area is 75.0 Å². The molecular formula is C10H8O3. The van der Waals surface area contributed by atoms with Crippen LogP contribution < -0.4 is 0 Å². The van der Waals surface area contributed by atoms with Crippen LogP contribution in [-0.4, -0.2) is 22.8 Å². The Morgan fingerprint density at radius 2 is 1.62 bits per heavy atom. The van der Waals surface area contributed by atoms with Crippen molar-refractivity contribution < 1.29 is 14.7 Å². The molecule has 2 unspecified atom stereocenters. The second kappa shape index (κ2) is 2.78. The summed E-state index contributed by atoms with van der Waals surface area (Å²) >= 11 is 0. The minimum absolute atomic E-state index is 0.487. The van der Waals surface area contributed by atoms with Crippen LogP contribution in [-0.2, 0) is 9.59 Å². The van der Waals surface area contributed by atoms with Crippen molar-refractivity contribution in [3.05, 3.63) is 35.9 Å². The maximum Gasteiger partial charge on any atom is 0.228 e. The normalized spacial score (nSPS) is 27.2. The number of carbonyl (C=O) groups excluding carboxylic acids is 2. The van der Waals surface area contributed by atoms with Gasteiger partial charge >= 0.3 is 0 Å². The zero-order valence-electron chi connectivity index (χ0n) is 6.81. The monoisotopic (exact) mass is 176 g/mol. The molecule has 0 radical (unpaired) electrons. The molecule has 66 valence electrons. The Balaban J connectivity index is 2.30. The van der Waals surface area contributed by atoms with Gasteiger partial charge in [0.2, 0.25) is 11.6 Å². The number of hydrogen-bond donors (Lipinski definition) is 1. The molecule has 0 bridgehead atoms. The quantitative estimate of drug-likeness (QED) is 0.625. The summed E-state index contributed by atoms with van der Waals surface area (Å²) in [7, 11) is 0. The molecule has 13 heavy (non-hydrogen) atoms. The van der Waals surface area contributed by atoms with Crippen LogP contribution in [0.1, 0.15) is 11.5 Å². The summed E-state index contributed by atoms with van der Waals surface area (Å²) in [6.07, 6.45) is -1.13. The first-order valence-electron chi connectivity index (χ1n) is 4.03. The summed E-state index contributed by atoms with van der Waals surface area (Å²) in [5, 5.41) is 9.23. The van der Waals surface area contributed by atoms with Crippen LogP contribution in [0.2, 0.25) is 0 Å². The molecule has 3 nitrogen and oxygen atoms in total. The van der Waals surface area contributed by atoms with E-state index in [-0.39, 0.29) is 0 Å². The Kier molecular flexibility index (Phi) is 1.74. The van der Waals surface area contributed by atoms with Crippen molar-refractivity contribution in [1.82, 2.24) is 0 Å². The highest BCUT2D eigenvalue weighted by Gasteiger charge is 2.48. The summed E-state index contributed by atoms with van der Waals surface area (Å²) < 4.78 is 0. The van der Waals surface area contributed by atoms with Crippen LogP contribution in [0, 0.1) is 0 Å². The van der Waals surface area contributed by atoms with E-state index in [1.807, 2.05) is 6.07 Å². The predicted octanol–water partition coefficient (Wildman–Crippen LogP) is 0.283. The highest BCUT2D eigenvalue weighted by molar-refractivity contribution is 6.48. The topological polar surface area (TPSA) is 54.4 Å². The number of hydrogen-bond acceptors (Lipinski definition) is 3. The van der Waals surface area contributed by atoms with Gasteiger partial charge in [0.25, 0.3) is 0 Å². The van der Waals surface area contributed by atoms with Gasteiger partial charge in [-0.15, -0.1) is 0 Å². The molecule has 1 aliphatic rings. The van der Waals surface area contributed by atoms with Crippen molar-refractivity contribution >= 4 is 11.6 Å². The van der Waals surface area contributed by atoms with Gasteiger partial charge in [0, 0.05) is 0 Å². The van der Waals surface area contributed by atoms with Crippen molar-refractivity contribution in [2.75, 3.05) is 0 Å². The lowest BCUT2D eigenvalue weighted by atomic mass is 9.75. The molecule has 0 heterocycles. The number of Topliss-reactive ketones (excluding diaryl/α,β-unsaturated/α-hetero) is 2. The summed E-state index contributed by atoms with van der Waals surface area (Å²) in [6.45, 7) is 0. The Hall–Kier alpha value is -1.48. The second-order valence-electron chi connectivity index (χ2n) is 3.06. The first-order chi connectivity index (χ1) is 6.22. The SMILES string of the molecule is O=C1C(=O)C(c2ccccc2)C1O. The lowest BCUT2D eigenvalue weighted by molar-refractivity contribution is -0.154. The van der Waals surface area contributed by atoms with Gasteiger partial charge in [0.1, 0.15) is 6.10 Å². The fraction of sp³-hybridized carbons (Fsp3) is 0.200. The standard InChI is InChI=1S/C10H8O3/c11-8-7(9(12)10(8)13)6-4-2-1-3-5-6/h1-5,7-8,11H. The molecule has 2 rings (SSSR count). The maximum absolute atomic E-state index is 11.1. The summed E-state index contributed by atoms with van der Waals surface area (Å²) in [5.41, 5.74) is 0.708. The van der Waals surface area contributed by atoms with E-state index in [0.29, 0.717) is 5.56 Å². The number of carbonyl (C=O) groups is 2. The van der Waals surface area contributed by atoms with Crippen molar-refractivity contribution in [2.24, 2.45) is 0 Å². The Morgan fingerprint density at radius 1 is 1.00 bits per heavy atom. The number of aliphatic hydroxyl groups excluding tert-OH is 1. The number of aliphatic hydroxyl groups is 1. The third-order valence-corrected chi connectivity index (χ3v) is 2.27. The van der Waals surface area contributed by atoms with Gasteiger partial charge in [-0.3, -0.25) is 9.59 Å². The van der Waals surface area contributed by atoms with Gasteiger partial charge in [-0.2, -0.15) is 0 Å². The Bertz CT molecular complexity index is 356. The van der Waals surface area contributed by atoms with Gasteiger partial charge in [-0.05, 0) is 5.56 Å². The number of benzene rings is 1. The van der Waals surface area contributed by atoms with E-state index in [2.05, 4.69) is 0 Å². The van der Waals surface area contributed by atoms with Gasteiger partial charge in [0.15, 0.2) is 0 Å². The van der Waals surface area contributed by atoms with E-state index < -0.39 is 23.6 Å². The van der Waals surface area contributed by atoms with E-state index in [9.17, 15) is 14.7 Å². The van der Waals surface area contributed by atoms with Crippen molar-refractivity contribution in [2.45, 2.75) is 12.0 Å². The molecule has 1 aromatic rings. The predicted molar refractivity (Wildman–Crippen MR) is 45.2 cm³/mol. The van der Waals surface area contributed by atoms with Crippen LogP contribution in [0.5, 0.6) is 0 Å². The van der Waals surface area contributed by atoms with Crippen LogP contribution in [0.3, 0.4) is 0 Å². The first-order valence-corrected chi connectivity index (χ1v) is 4.03. The highest BCUT2D eigenvalue weighted by Crippen LogP contribution is 2.30. The molecule has 0 saturated heterocycles. The lowest BCUT2D eigenvalue weighted by Crippen LogP contribution is -2.50. The fourth-order valence-corrected chi connectivity index (χ4v) is 1.49. The van der Waals surface area contributed by atoms with Gasteiger partial charge in [-0.25, -0.2) is 0 Å². The third kappa shape index (κ3) is 1.09. The van der Waals surface area contributed by atoms with Crippen LogP contribution in [0.4, 0.5) is 0 Å². The van der Waals surface area contributed by atoms with Crippen molar-refractivity contribution in [3.8, 4) is 0 Å². The molecule has 3 heteroatoms. The molecule has 1 aliphatic carbocycles. The van der Waals surface area contributed by atoms with E-state index in [1.54, 1.807) is 24.3 Å². The minimum Gasteiger partial charge on any atom is -0.384 e. The average Bonchev–Trinajstić information content (AvgIpc) is 2.19. The molecular weight excluding hydrogens is 168 g/mol. The molecule has 1 saturated carbocycles. The zero-order chi connectivity index (χ0) is 9.42. The van der Waals surface area contributed by atoms with Gasteiger partial charge < -0.3 is 5.11 Å². The molecule has 0 aromatic heterocycles. The molecule has 1 aromatic carbocycles. The van der Waals surface area contributed by atoms with E-state index in [1.165, 1.54) is 0 Å². The van der Waals surface area contributed by atoms with Gasteiger partial charge in [0.05, 0.1) is 5.92 Å². The Morgan fingerprint density at radius 3 is 2.15 bits per heavy atom. The summed E-state index contributed by atoms with van der Waals surface area (Å²) in [5.74, 6) is -1.79. The van der Waals surface area contributed by atoms with Crippen LogP contribution in [0.15, 0.2) is 30.3 Å². The summed E-state index contributed by atoms with van der Waals surface area (Å²) in [4.78, 5) is 21.8. The van der Waals surface area contributed by atoms with Gasteiger partial charge in [-0.1, -0.05) is 30.3 Å². The minimum atomic E-state index is -1.13. The van der Waals surface area contributed by atoms with E-state index >= 15 is 0 Å². The molecule has 0 spiro atoms. The highest BCUT2D eigenvalue weighted by atomic mass is 16.3. The molecule has 0 aliphatic heterocycles. The number of rotatable bonds is 1. The maximum atomic E-state index is 11.1. The third-order valence-electron chi connectivity index (χ3n) is 2.27. The average molecular weight is 176 g/mol. The molecule has 1 fully saturated rings. The van der Waals surface area contributed by atoms with E-state index in [0.717, 1.165) is 0 Å². The van der Waals surface area contributed by atoms with E-state index in [4.69, 9.17) is 0 Å². The van der Waals surface area contributed by atoms with Crippen LogP contribution >= 0.6 is 0 Å². The molecule has 2 atom stereocenters. The van der Waals surface area contributed by atoms with Crippen molar-refractivity contribution in [3.63, 3.8) is 0 Å². The lowest BCUT2D eigenvalue weighted by Gasteiger charge is -2.28. The molecule has 0 amide bonds. The zero-order valence-corrected chi connectivity index (χ0v) is 6.81. The fourth-order valence-electron chi connectivity index (χ4n) is 1.49. The second-order valence-corrected chi connectivity index (χ2v) is 3.06.